The zero-order valence-electron chi connectivity index (χ0n) is 14.5. The van der Waals surface area contributed by atoms with E-state index in [-0.39, 0.29) is 5.91 Å². The quantitative estimate of drug-likeness (QED) is 0.704. The molecule has 1 amide bonds. The van der Waals surface area contributed by atoms with Gasteiger partial charge in [-0.15, -0.1) is 10.2 Å². The molecule has 4 rings (SSSR count). The Morgan fingerprint density at radius 1 is 1.23 bits per heavy atom. The van der Waals surface area contributed by atoms with Gasteiger partial charge in [0.2, 0.25) is 5.89 Å². The summed E-state index contributed by atoms with van der Waals surface area (Å²) in [7, 11) is 0. The Morgan fingerprint density at radius 3 is 2.77 bits per heavy atom. The fourth-order valence-electron chi connectivity index (χ4n) is 3.01. The Balaban J connectivity index is 1.50. The normalized spacial score (nSPS) is 14.7. The number of aryl methyl sites for hydroxylation is 1. The Kier molecular flexibility index (Phi) is 4.66. The van der Waals surface area contributed by atoms with Crippen molar-refractivity contribution in [3.8, 4) is 11.5 Å². The molecule has 0 atom stereocenters. The van der Waals surface area contributed by atoms with Crippen LogP contribution in [0.2, 0.25) is 0 Å². The lowest BCUT2D eigenvalue weighted by atomic mass is 10.2. The van der Waals surface area contributed by atoms with Gasteiger partial charge in [-0.1, -0.05) is 6.92 Å². The third-order valence-electron chi connectivity index (χ3n) is 4.42. The van der Waals surface area contributed by atoms with Gasteiger partial charge in [-0.3, -0.25) is 4.79 Å². The van der Waals surface area contributed by atoms with Crippen molar-refractivity contribution in [1.29, 1.82) is 0 Å². The van der Waals surface area contributed by atoms with Crippen LogP contribution in [0.25, 0.3) is 11.5 Å². The lowest BCUT2D eigenvalue weighted by molar-refractivity contribution is 0.0747. The van der Waals surface area contributed by atoms with Crippen molar-refractivity contribution >= 4 is 23.1 Å². The SMILES string of the molecule is CCc1nnc(-c2cccnc2N2CCN(C(=O)c3ccsc3)CC2)o1. The third kappa shape index (κ3) is 3.20. The molecule has 8 heteroatoms. The van der Waals surface area contributed by atoms with Gasteiger partial charge in [0.1, 0.15) is 5.82 Å². The lowest BCUT2D eigenvalue weighted by Crippen LogP contribution is -2.49. The van der Waals surface area contributed by atoms with Crippen LogP contribution in [-0.4, -0.2) is 52.2 Å². The van der Waals surface area contributed by atoms with Crippen molar-refractivity contribution in [2.75, 3.05) is 31.1 Å². The summed E-state index contributed by atoms with van der Waals surface area (Å²) in [6.45, 7) is 4.73. The molecule has 1 aliphatic heterocycles. The molecule has 0 unspecified atom stereocenters. The van der Waals surface area contributed by atoms with Crippen LogP contribution in [0.3, 0.4) is 0 Å². The molecule has 3 aromatic rings. The number of thiophene rings is 1. The number of anilines is 1. The Morgan fingerprint density at radius 2 is 2.08 bits per heavy atom. The molecule has 0 radical (unpaired) electrons. The third-order valence-corrected chi connectivity index (χ3v) is 5.10. The van der Waals surface area contributed by atoms with Crippen molar-refractivity contribution in [3.05, 3.63) is 46.6 Å². The fraction of sp³-hybridized carbons (Fsp3) is 0.333. The van der Waals surface area contributed by atoms with Crippen LogP contribution in [0.1, 0.15) is 23.2 Å². The second-order valence-electron chi connectivity index (χ2n) is 6.02. The Bertz CT molecular complexity index is 885. The molecule has 0 aromatic carbocycles. The maximum absolute atomic E-state index is 12.5. The van der Waals surface area contributed by atoms with E-state index in [2.05, 4.69) is 20.1 Å². The fourth-order valence-corrected chi connectivity index (χ4v) is 3.64. The molecule has 0 aliphatic carbocycles. The molecule has 0 spiro atoms. The molecule has 0 N–H and O–H groups in total. The zero-order valence-corrected chi connectivity index (χ0v) is 15.3. The van der Waals surface area contributed by atoms with Gasteiger partial charge in [-0.05, 0) is 23.6 Å². The maximum Gasteiger partial charge on any atom is 0.254 e. The second-order valence-corrected chi connectivity index (χ2v) is 6.80. The van der Waals surface area contributed by atoms with E-state index >= 15 is 0 Å². The molecule has 0 bridgehead atoms. The number of amides is 1. The predicted octanol–water partition coefficient (Wildman–Crippen LogP) is 2.72. The van der Waals surface area contributed by atoms with Gasteiger partial charge in [0, 0.05) is 44.2 Å². The van der Waals surface area contributed by atoms with Gasteiger partial charge in [-0.25, -0.2) is 4.98 Å². The number of carbonyl (C=O) groups is 1. The topological polar surface area (TPSA) is 75.4 Å². The minimum absolute atomic E-state index is 0.0941. The van der Waals surface area contributed by atoms with Crippen molar-refractivity contribution in [2.45, 2.75) is 13.3 Å². The molecule has 1 aliphatic rings. The predicted molar refractivity (Wildman–Crippen MR) is 99.3 cm³/mol. The Labute approximate surface area is 155 Å². The van der Waals surface area contributed by atoms with Crippen LogP contribution in [-0.2, 0) is 6.42 Å². The minimum Gasteiger partial charge on any atom is -0.421 e. The number of carbonyl (C=O) groups excluding carboxylic acids is 1. The minimum atomic E-state index is 0.0941. The maximum atomic E-state index is 12.5. The number of aromatic nitrogens is 3. The molecule has 1 saturated heterocycles. The summed E-state index contributed by atoms with van der Waals surface area (Å²) in [6.07, 6.45) is 2.46. The molecule has 7 nitrogen and oxygen atoms in total. The van der Waals surface area contributed by atoms with E-state index in [0.717, 1.165) is 16.9 Å². The number of nitrogens with zero attached hydrogens (tertiary/aromatic N) is 5. The van der Waals surface area contributed by atoms with E-state index in [1.54, 1.807) is 17.5 Å². The van der Waals surface area contributed by atoms with Gasteiger partial charge >= 0.3 is 0 Å². The second kappa shape index (κ2) is 7.25. The Hall–Kier alpha value is -2.74. The number of rotatable bonds is 4. The van der Waals surface area contributed by atoms with E-state index in [4.69, 9.17) is 4.42 Å². The first-order valence-corrected chi connectivity index (χ1v) is 9.54. The highest BCUT2D eigenvalue weighted by Gasteiger charge is 2.25. The van der Waals surface area contributed by atoms with Crippen LogP contribution < -0.4 is 4.90 Å². The van der Waals surface area contributed by atoms with Crippen LogP contribution in [0.4, 0.5) is 5.82 Å². The highest BCUT2D eigenvalue weighted by atomic mass is 32.1. The first-order chi connectivity index (χ1) is 12.8. The first kappa shape index (κ1) is 16.7. The smallest absolute Gasteiger partial charge is 0.254 e. The summed E-state index contributed by atoms with van der Waals surface area (Å²) in [5.74, 6) is 2.01. The number of pyridine rings is 1. The van der Waals surface area contributed by atoms with Gasteiger partial charge < -0.3 is 14.2 Å². The van der Waals surface area contributed by atoms with E-state index in [1.165, 1.54) is 0 Å². The van der Waals surface area contributed by atoms with Gasteiger partial charge in [0.05, 0.1) is 11.1 Å². The molecule has 26 heavy (non-hydrogen) atoms. The average Bonchev–Trinajstić information content (AvgIpc) is 3.39. The van der Waals surface area contributed by atoms with Gasteiger partial charge in [0.25, 0.3) is 11.8 Å². The summed E-state index contributed by atoms with van der Waals surface area (Å²) in [4.78, 5) is 21.1. The van der Waals surface area contributed by atoms with Crippen molar-refractivity contribution in [2.24, 2.45) is 0 Å². The van der Waals surface area contributed by atoms with E-state index in [1.807, 2.05) is 40.8 Å². The van der Waals surface area contributed by atoms with Crippen molar-refractivity contribution in [1.82, 2.24) is 20.1 Å². The van der Waals surface area contributed by atoms with Crippen LogP contribution >= 0.6 is 11.3 Å². The molecule has 1 fully saturated rings. The molecule has 3 aromatic heterocycles. The summed E-state index contributed by atoms with van der Waals surface area (Å²) in [5, 5.41) is 12.0. The van der Waals surface area contributed by atoms with E-state index in [0.29, 0.717) is 44.4 Å². The van der Waals surface area contributed by atoms with Crippen molar-refractivity contribution < 1.29 is 9.21 Å². The summed E-state index contributed by atoms with van der Waals surface area (Å²) in [6, 6.07) is 5.68. The molecular formula is C18H19N5O2S. The first-order valence-electron chi connectivity index (χ1n) is 8.60. The van der Waals surface area contributed by atoms with E-state index < -0.39 is 0 Å². The van der Waals surface area contributed by atoms with Gasteiger partial charge in [0.15, 0.2) is 0 Å². The average molecular weight is 369 g/mol. The lowest BCUT2D eigenvalue weighted by Gasteiger charge is -2.35. The summed E-state index contributed by atoms with van der Waals surface area (Å²) >= 11 is 1.54. The molecular weight excluding hydrogens is 350 g/mol. The highest BCUT2D eigenvalue weighted by molar-refractivity contribution is 7.08. The number of piperazine rings is 1. The van der Waals surface area contributed by atoms with Crippen LogP contribution in [0.15, 0.2) is 39.6 Å². The largest absolute Gasteiger partial charge is 0.421 e. The highest BCUT2D eigenvalue weighted by Crippen LogP contribution is 2.28. The van der Waals surface area contributed by atoms with E-state index in [9.17, 15) is 4.79 Å². The molecule has 0 saturated carbocycles. The van der Waals surface area contributed by atoms with Crippen LogP contribution in [0.5, 0.6) is 0 Å². The van der Waals surface area contributed by atoms with Crippen LogP contribution in [0, 0.1) is 0 Å². The zero-order chi connectivity index (χ0) is 17.9. The molecule has 4 heterocycles. The monoisotopic (exact) mass is 369 g/mol. The standard InChI is InChI=1S/C18H19N5O2S/c1-2-15-20-21-17(25-15)14-4-3-6-19-16(14)22-7-9-23(10-8-22)18(24)13-5-11-26-12-13/h3-6,11-12H,2,7-10H2,1H3. The van der Waals surface area contributed by atoms with Gasteiger partial charge in [-0.2, -0.15) is 11.3 Å². The summed E-state index contributed by atoms with van der Waals surface area (Å²) < 4.78 is 5.71. The number of hydrogen-bond donors (Lipinski definition) is 0. The van der Waals surface area contributed by atoms with Crippen molar-refractivity contribution in [3.63, 3.8) is 0 Å². The molecule has 134 valence electrons. The summed E-state index contributed by atoms with van der Waals surface area (Å²) in [5.41, 5.74) is 1.59. The number of hydrogen-bond acceptors (Lipinski definition) is 7.